The van der Waals surface area contributed by atoms with Gasteiger partial charge >= 0.3 is 0 Å². The molecular weight excluding hydrogens is 637 g/mol. The van der Waals surface area contributed by atoms with Crippen molar-refractivity contribution in [2.75, 3.05) is 0 Å². The van der Waals surface area contributed by atoms with E-state index < -0.39 is 0 Å². The summed E-state index contributed by atoms with van der Waals surface area (Å²) in [5.41, 5.74) is 25.9. The van der Waals surface area contributed by atoms with Crippen LogP contribution in [0.3, 0.4) is 0 Å². The van der Waals surface area contributed by atoms with Crippen LogP contribution in [0.5, 0.6) is 0 Å². The summed E-state index contributed by atoms with van der Waals surface area (Å²) in [6.45, 7) is 4.79. The van der Waals surface area contributed by atoms with E-state index in [4.69, 9.17) is 0 Å². The number of fused-ring (bicyclic) bond motifs is 9. The topological polar surface area (TPSA) is 0 Å². The van der Waals surface area contributed by atoms with Gasteiger partial charge < -0.3 is 0 Å². The van der Waals surface area contributed by atoms with Gasteiger partial charge in [0, 0.05) is 11.3 Å². The van der Waals surface area contributed by atoms with Crippen LogP contribution in [-0.2, 0) is 11.8 Å². The third-order valence-corrected chi connectivity index (χ3v) is 12.5. The number of hydrogen-bond acceptors (Lipinski definition) is 0. The third kappa shape index (κ3) is 4.49. The molecule has 0 N–H and O–H groups in total. The lowest BCUT2D eigenvalue weighted by Gasteiger charge is -2.24. The Morgan fingerprint density at radius 1 is 0.340 bits per heavy atom. The van der Waals surface area contributed by atoms with Crippen molar-refractivity contribution in [3.63, 3.8) is 0 Å². The van der Waals surface area contributed by atoms with E-state index in [9.17, 15) is 0 Å². The van der Waals surface area contributed by atoms with Crippen molar-refractivity contribution in [3.8, 4) is 66.8 Å². The van der Waals surface area contributed by atoms with Crippen LogP contribution in [0.25, 0.3) is 66.8 Å². The van der Waals surface area contributed by atoms with E-state index in [1.807, 2.05) is 0 Å². The second-order valence-electron chi connectivity index (χ2n) is 15.6. The summed E-state index contributed by atoms with van der Waals surface area (Å²) in [5, 5.41) is 0. The van der Waals surface area contributed by atoms with Crippen LogP contribution in [0, 0.1) is 0 Å². The Morgan fingerprint density at radius 2 is 0.906 bits per heavy atom. The molecule has 3 aliphatic rings. The van der Waals surface area contributed by atoms with Crippen molar-refractivity contribution in [1.82, 2.24) is 0 Å². The van der Waals surface area contributed by atoms with Crippen LogP contribution in [-0.4, -0.2) is 0 Å². The largest absolute Gasteiger partial charge is 0.0622 e. The molecule has 53 heavy (non-hydrogen) atoms. The molecule has 0 saturated carbocycles. The fourth-order valence-electron chi connectivity index (χ4n) is 9.89. The smallest absolute Gasteiger partial charge is 0.0355 e. The SMILES string of the molecule is CC1(C)c2ccccc2-c2cc3c(cc21)C(c1cccc2c1Cc1c(-c4cccc(-c5ccc(-c6ccccc6)cc5)c4)cccc1-2)c1ccccc1-3. The first-order valence-electron chi connectivity index (χ1n) is 18.9. The van der Waals surface area contributed by atoms with Gasteiger partial charge in [-0.3, -0.25) is 0 Å². The molecule has 8 aromatic carbocycles. The summed E-state index contributed by atoms with van der Waals surface area (Å²) >= 11 is 0. The van der Waals surface area contributed by atoms with Gasteiger partial charge in [0.25, 0.3) is 0 Å². The molecule has 0 heterocycles. The summed E-state index contributed by atoms with van der Waals surface area (Å²) in [6.07, 6.45) is 0.933. The predicted molar refractivity (Wildman–Crippen MR) is 221 cm³/mol. The Labute approximate surface area is 312 Å². The van der Waals surface area contributed by atoms with E-state index in [0.717, 1.165) is 6.42 Å². The van der Waals surface area contributed by atoms with Gasteiger partial charge in [-0.2, -0.15) is 0 Å². The second-order valence-corrected chi connectivity index (χ2v) is 15.6. The van der Waals surface area contributed by atoms with Gasteiger partial charge in [-0.1, -0.05) is 178 Å². The van der Waals surface area contributed by atoms with Crippen molar-refractivity contribution in [3.05, 3.63) is 215 Å². The third-order valence-electron chi connectivity index (χ3n) is 12.5. The van der Waals surface area contributed by atoms with E-state index in [1.54, 1.807) is 0 Å². The maximum atomic E-state index is 2.57. The van der Waals surface area contributed by atoms with Crippen LogP contribution in [0.4, 0.5) is 0 Å². The minimum absolute atomic E-state index is 0.0392. The Balaban J connectivity index is 0.998. The first kappa shape index (κ1) is 30.4. The molecule has 0 radical (unpaired) electrons. The summed E-state index contributed by atoms with van der Waals surface area (Å²) < 4.78 is 0. The maximum Gasteiger partial charge on any atom is 0.0355 e. The second kappa shape index (κ2) is 11.4. The fourth-order valence-corrected chi connectivity index (χ4v) is 9.89. The van der Waals surface area contributed by atoms with E-state index in [0.29, 0.717) is 0 Å². The summed E-state index contributed by atoms with van der Waals surface area (Å²) in [7, 11) is 0. The van der Waals surface area contributed by atoms with Crippen LogP contribution in [0.2, 0.25) is 0 Å². The lowest BCUT2D eigenvalue weighted by molar-refractivity contribution is 0.659. The van der Waals surface area contributed by atoms with Crippen LogP contribution in [0.15, 0.2) is 176 Å². The lowest BCUT2D eigenvalue weighted by Crippen LogP contribution is -2.15. The monoisotopic (exact) mass is 674 g/mol. The fraction of sp³-hybridized carbons (Fsp3) is 0.0943. The maximum absolute atomic E-state index is 2.57. The molecule has 0 heteroatoms. The average Bonchev–Trinajstić information content (AvgIpc) is 3.83. The van der Waals surface area contributed by atoms with Gasteiger partial charge in [0.1, 0.15) is 0 Å². The summed E-state index contributed by atoms with van der Waals surface area (Å²) in [6, 6.07) is 65.9. The van der Waals surface area contributed by atoms with Crippen molar-refractivity contribution >= 4 is 0 Å². The van der Waals surface area contributed by atoms with Crippen LogP contribution >= 0.6 is 0 Å². The normalized spacial score (nSPS) is 15.2. The molecule has 0 fully saturated rings. The molecule has 1 unspecified atom stereocenters. The van der Waals surface area contributed by atoms with Crippen molar-refractivity contribution < 1.29 is 0 Å². The molecule has 0 aromatic heterocycles. The van der Waals surface area contributed by atoms with Crippen LogP contribution in [0.1, 0.15) is 58.7 Å². The molecule has 0 spiro atoms. The molecule has 0 nitrogen and oxygen atoms in total. The highest BCUT2D eigenvalue weighted by Gasteiger charge is 2.40. The van der Waals surface area contributed by atoms with Gasteiger partial charge in [-0.15, -0.1) is 0 Å². The van der Waals surface area contributed by atoms with E-state index in [-0.39, 0.29) is 11.3 Å². The van der Waals surface area contributed by atoms with Crippen molar-refractivity contribution in [2.24, 2.45) is 0 Å². The molecule has 250 valence electrons. The van der Waals surface area contributed by atoms with Crippen LogP contribution < -0.4 is 0 Å². The molecule has 0 bridgehead atoms. The first-order chi connectivity index (χ1) is 26.0. The number of hydrogen-bond donors (Lipinski definition) is 0. The lowest BCUT2D eigenvalue weighted by atomic mass is 9.79. The Bertz CT molecular complexity index is 2760. The number of benzene rings is 8. The highest BCUT2D eigenvalue weighted by atomic mass is 14.4. The Kier molecular flexibility index (Phi) is 6.53. The Morgan fingerprint density at radius 3 is 1.74 bits per heavy atom. The van der Waals surface area contributed by atoms with E-state index >= 15 is 0 Å². The standard InChI is InChI=1S/C53H38/c1-53(2)50-24-9-8-18-42(50)48-31-47-41-17-6-7-19-43(41)52(49(47)32-51(48)53)44-23-12-22-40-39-21-11-20-38(45(39)30-46(40)44)37-16-10-15-36(29-37)35-27-25-34(26-28-35)33-13-4-3-5-14-33/h3-29,31-32,52H,30H2,1-2H3. The van der Waals surface area contributed by atoms with Gasteiger partial charge in [0.05, 0.1) is 0 Å². The highest BCUT2D eigenvalue weighted by molar-refractivity contribution is 5.92. The molecule has 3 aliphatic carbocycles. The zero-order valence-corrected chi connectivity index (χ0v) is 30.0. The van der Waals surface area contributed by atoms with Gasteiger partial charge in [0.2, 0.25) is 0 Å². The molecule has 0 amide bonds. The average molecular weight is 675 g/mol. The summed E-state index contributed by atoms with van der Waals surface area (Å²) in [5.74, 6) is 0.195. The molecule has 1 atom stereocenters. The predicted octanol–water partition coefficient (Wildman–Crippen LogP) is 13.7. The molecular formula is C53H38. The number of rotatable bonds is 4. The molecule has 11 rings (SSSR count). The van der Waals surface area contributed by atoms with Gasteiger partial charge in [-0.25, -0.2) is 0 Å². The Hall–Kier alpha value is -6.24. The van der Waals surface area contributed by atoms with Gasteiger partial charge in [-0.05, 0) is 124 Å². The van der Waals surface area contributed by atoms with Crippen molar-refractivity contribution in [2.45, 2.75) is 31.6 Å². The van der Waals surface area contributed by atoms with E-state index in [1.165, 1.54) is 106 Å². The molecule has 0 saturated heterocycles. The highest BCUT2D eigenvalue weighted by Crippen LogP contribution is 2.57. The zero-order valence-electron chi connectivity index (χ0n) is 30.0. The molecule has 0 aliphatic heterocycles. The first-order valence-corrected chi connectivity index (χ1v) is 18.9. The minimum atomic E-state index is -0.0392. The summed E-state index contributed by atoms with van der Waals surface area (Å²) in [4.78, 5) is 0. The molecule has 8 aromatic rings. The zero-order chi connectivity index (χ0) is 35.3. The van der Waals surface area contributed by atoms with Gasteiger partial charge in [0.15, 0.2) is 0 Å². The quantitative estimate of drug-likeness (QED) is 0.174. The van der Waals surface area contributed by atoms with Crippen molar-refractivity contribution in [1.29, 1.82) is 0 Å². The van der Waals surface area contributed by atoms with E-state index in [2.05, 4.69) is 190 Å². The minimum Gasteiger partial charge on any atom is -0.0622 e.